The molecule has 0 aromatic heterocycles. The highest BCUT2D eigenvalue weighted by Crippen LogP contribution is 2.59. The third-order valence-electron chi connectivity index (χ3n) is 5.53. The van der Waals surface area contributed by atoms with Crippen molar-refractivity contribution in [3.05, 3.63) is 47.6 Å². The van der Waals surface area contributed by atoms with Crippen molar-refractivity contribution in [1.29, 1.82) is 0 Å². The summed E-state index contributed by atoms with van der Waals surface area (Å²) in [5.41, 5.74) is 4.56. The molecule has 2 bridgehead atoms. The minimum atomic E-state index is 0.0337. The zero-order valence-electron chi connectivity index (χ0n) is 11.9. The third kappa shape index (κ3) is 1.48. The van der Waals surface area contributed by atoms with Gasteiger partial charge >= 0.3 is 0 Å². The lowest BCUT2D eigenvalue weighted by molar-refractivity contribution is -0.110. The van der Waals surface area contributed by atoms with E-state index in [2.05, 4.69) is 31.3 Å². The van der Waals surface area contributed by atoms with Gasteiger partial charge in [-0.25, -0.2) is 0 Å². The van der Waals surface area contributed by atoms with Crippen molar-refractivity contribution in [2.45, 2.75) is 26.7 Å². The van der Waals surface area contributed by atoms with Crippen molar-refractivity contribution in [3.8, 4) is 0 Å². The number of hydrogen-bond donors (Lipinski definition) is 1. The minimum absolute atomic E-state index is 0.0337. The molecule has 3 aliphatic carbocycles. The van der Waals surface area contributed by atoms with Crippen LogP contribution < -0.4 is 5.32 Å². The molecule has 0 spiro atoms. The van der Waals surface area contributed by atoms with Crippen LogP contribution >= 0.6 is 0 Å². The Kier molecular flexibility index (Phi) is 2.30. The van der Waals surface area contributed by atoms with Crippen molar-refractivity contribution in [2.75, 3.05) is 5.32 Å². The molecule has 1 saturated carbocycles. The number of carbonyl (C=O) groups is 1. The monoisotopic (exact) mass is 265 g/mol. The summed E-state index contributed by atoms with van der Waals surface area (Å²) in [6.45, 7) is 4.72. The summed E-state index contributed by atoms with van der Waals surface area (Å²) in [4.78, 5) is 12.2. The fraction of sp³-hybridized carbons (Fsp3) is 0.389. The molecular formula is C18H19NO. The number of fused-ring (bicyclic) bond motifs is 2. The van der Waals surface area contributed by atoms with Crippen LogP contribution in [-0.4, -0.2) is 5.91 Å². The largest absolute Gasteiger partial charge is 0.321 e. The van der Waals surface area contributed by atoms with Gasteiger partial charge in [-0.3, -0.25) is 4.79 Å². The Bertz CT molecular complexity index is 666. The topological polar surface area (TPSA) is 29.1 Å². The highest BCUT2D eigenvalue weighted by Gasteiger charge is 2.50. The lowest BCUT2D eigenvalue weighted by Crippen LogP contribution is -2.47. The quantitative estimate of drug-likeness (QED) is 0.764. The first-order valence-corrected chi connectivity index (χ1v) is 7.40. The zero-order valence-corrected chi connectivity index (χ0v) is 11.9. The Morgan fingerprint density at radius 1 is 1.30 bits per heavy atom. The zero-order chi connectivity index (χ0) is 13.9. The van der Waals surface area contributed by atoms with Crippen molar-refractivity contribution < 1.29 is 4.79 Å². The molecule has 1 fully saturated rings. The summed E-state index contributed by atoms with van der Waals surface area (Å²) in [6.07, 6.45) is 6.91. The number of para-hydroxylation sites is 1. The smallest absolute Gasteiger partial charge is 0.256 e. The second kappa shape index (κ2) is 3.85. The SMILES string of the molecule is CC1(C)[C@H]2CC=C(/C=C3/C(=O)Nc4ccccc43)[C@@H]1C2. The third-order valence-corrected chi connectivity index (χ3v) is 5.53. The van der Waals surface area contributed by atoms with Crippen LogP contribution in [0.2, 0.25) is 0 Å². The lowest BCUT2D eigenvalue weighted by atomic mass is 9.49. The second-order valence-electron chi connectivity index (χ2n) is 6.80. The van der Waals surface area contributed by atoms with Gasteiger partial charge in [0.15, 0.2) is 0 Å². The minimum Gasteiger partial charge on any atom is -0.321 e. The van der Waals surface area contributed by atoms with Crippen LogP contribution in [0.4, 0.5) is 5.69 Å². The molecule has 20 heavy (non-hydrogen) atoms. The molecule has 2 heteroatoms. The molecule has 1 aliphatic heterocycles. The number of benzene rings is 1. The van der Waals surface area contributed by atoms with Crippen molar-refractivity contribution >= 4 is 17.2 Å². The summed E-state index contributed by atoms with van der Waals surface area (Å²) < 4.78 is 0. The molecule has 2 atom stereocenters. The van der Waals surface area contributed by atoms with Gasteiger partial charge in [-0.15, -0.1) is 0 Å². The van der Waals surface area contributed by atoms with E-state index in [1.54, 1.807) is 0 Å². The van der Waals surface area contributed by atoms with Gasteiger partial charge in [0.1, 0.15) is 0 Å². The normalized spacial score (nSPS) is 31.4. The highest BCUT2D eigenvalue weighted by atomic mass is 16.2. The van der Waals surface area contributed by atoms with Crippen LogP contribution in [0.5, 0.6) is 0 Å². The maximum atomic E-state index is 12.2. The summed E-state index contributed by atoms with van der Waals surface area (Å²) in [5, 5.41) is 2.95. The molecule has 2 nitrogen and oxygen atoms in total. The van der Waals surface area contributed by atoms with Gasteiger partial charge in [0.25, 0.3) is 5.91 Å². The van der Waals surface area contributed by atoms with Gasteiger partial charge in [0.2, 0.25) is 0 Å². The number of anilines is 1. The predicted molar refractivity (Wildman–Crippen MR) is 81.1 cm³/mol. The Balaban J connectivity index is 1.75. The molecule has 1 aromatic carbocycles. The Labute approximate surface area is 119 Å². The molecule has 0 radical (unpaired) electrons. The number of nitrogens with one attached hydrogen (secondary N) is 1. The van der Waals surface area contributed by atoms with Crippen molar-refractivity contribution in [1.82, 2.24) is 0 Å². The first-order valence-electron chi connectivity index (χ1n) is 7.40. The first kappa shape index (κ1) is 12.0. The van der Waals surface area contributed by atoms with Crippen LogP contribution in [0.1, 0.15) is 32.3 Å². The van der Waals surface area contributed by atoms with Gasteiger partial charge in [-0.1, -0.05) is 38.1 Å². The van der Waals surface area contributed by atoms with E-state index in [4.69, 9.17) is 0 Å². The Morgan fingerprint density at radius 2 is 2.10 bits per heavy atom. The maximum Gasteiger partial charge on any atom is 0.256 e. The second-order valence-corrected chi connectivity index (χ2v) is 6.80. The van der Waals surface area contributed by atoms with Gasteiger partial charge in [-0.05, 0) is 47.8 Å². The number of rotatable bonds is 1. The summed E-state index contributed by atoms with van der Waals surface area (Å²) in [5.74, 6) is 1.49. The molecule has 0 saturated heterocycles. The van der Waals surface area contributed by atoms with E-state index >= 15 is 0 Å². The van der Waals surface area contributed by atoms with Crippen molar-refractivity contribution in [2.24, 2.45) is 17.3 Å². The van der Waals surface area contributed by atoms with Gasteiger partial charge in [-0.2, -0.15) is 0 Å². The van der Waals surface area contributed by atoms with Crippen LogP contribution in [0.3, 0.4) is 0 Å². The van der Waals surface area contributed by atoms with Gasteiger partial charge < -0.3 is 5.32 Å². The fourth-order valence-corrected chi connectivity index (χ4v) is 4.01. The lowest BCUT2D eigenvalue weighted by Gasteiger charge is -2.56. The first-order chi connectivity index (χ1) is 9.57. The van der Waals surface area contributed by atoms with E-state index < -0.39 is 0 Å². The molecular weight excluding hydrogens is 246 g/mol. The van der Waals surface area contributed by atoms with Gasteiger partial charge in [0.05, 0.1) is 0 Å². The van der Waals surface area contributed by atoms with E-state index in [0.717, 1.165) is 29.2 Å². The van der Waals surface area contributed by atoms with Crippen LogP contribution in [0, 0.1) is 17.3 Å². The van der Waals surface area contributed by atoms with E-state index in [1.807, 2.05) is 24.3 Å². The standard InChI is InChI=1S/C18H19NO/c1-18(2)12-8-7-11(15(18)10-12)9-14-13-5-3-4-6-16(13)19-17(14)20/h3-7,9,12,15H,8,10H2,1-2H3,(H,19,20)/b14-9+/t12-,15-/m0/s1. The summed E-state index contributed by atoms with van der Waals surface area (Å²) >= 11 is 0. The maximum absolute atomic E-state index is 12.2. The molecule has 0 unspecified atom stereocenters. The highest BCUT2D eigenvalue weighted by molar-refractivity contribution is 6.31. The van der Waals surface area contributed by atoms with Gasteiger partial charge in [0, 0.05) is 16.8 Å². The Morgan fingerprint density at radius 3 is 2.85 bits per heavy atom. The summed E-state index contributed by atoms with van der Waals surface area (Å²) in [7, 11) is 0. The average molecular weight is 265 g/mol. The van der Waals surface area contributed by atoms with E-state index in [9.17, 15) is 4.79 Å². The van der Waals surface area contributed by atoms with Crippen LogP contribution in [-0.2, 0) is 4.79 Å². The van der Waals surface area contributed by atoms with Crippen LogP contribution in [0.15, 0.2) is 42.0 Å². The molecule has 1 aromatic rings. The van der Waals surface area contributed by atoms with E-state index in [1.165, 1.54) is 12.0 Å². The van der Waals surface area contributed by atoms with Crippen molar-refractivity contribution in [3.63, 3.8) is 0 Å². The summed E-state index contributed by atoms with van der Waals surface area (Å²) in [6, 6.07) is 7.94. The Hall–Kier alpha value is -1.83. The average Bonchev–Trinajstić information content (AvgIpc) is 2.75. The predicted octanol–water partition coefficient (Wildman–Crippen LogP) is 4.01. The molecule has 1 amide bonds. The molecule has 1 N–H and O–H groups in total. The fourth-order valence-electron chi connectivity index (χ4n) is 4.01. The number of amides is 1. The van der Waals surface area contributed by atoms with Crippen LogP contribution in [0.25, 0.3) is 5.57 Å². The molecule has 102 valence electrons. The van der Waals surface area contributed by atoms with E-state index in [-0.39, 0.29) is 5.91 Å². The molecule has 1 heterocycles. The van der Waals surface area contributed by atoms with E-state index in [0.29, 0.717) is 11.3 Å². The number of allylic oxidation sites excluding steroid dienone is 3. The number of hydrogen-bond acceptors (Lipinski definition) is 1. The number of carbonyl (C=O) groups excluding carboxylic acids is 1. The molecule has 4 aliphatic rings. The molecule has 5 rings (SSSR count).